The van der Waals surface area contributed by atoms with Crippen molar-refractivity contribution in [2.24, 2.45) is 0 Å². The van der Waals surface area contributed by atoms with Crippen molar-refractivity contribution in [2.45, 2.75) is 31.4 Å². The highest BCUT2D eigenvalue weighted by atomic mass is 32.2. The Morgan fingerprint density at radius 3 is 2.38 bits per heavy atom. The summed E-state index contributed by atoms with van der Waals surface area (Å²) < 4.78 is 27.7. The fourth-order valence-corrected chi connectivity index (χ4v) is 4.73. The van der Waals surface area contributed by atoms with Crippen LogP contribution in [-0.2, 0) is 16.4 Å². The van der Waals surface area contributed by atoms with Gasteiger partial charge in [0.25, 0.3) is 10.0 Å². The molecular formula is C19H21N3O2S2. The third kappa shape index (κ3) is 4.23. The lowest BCUT2D eigenvalue weighted by Crippen LogP contribution is -2.11. The van der Waals surface area contributed by atoms with Crippen molar-refractivity contribution in [1.29, 1.82) is 0 Å². The van der Waals surface area contributed by atoms with Crippen molar-refractivity contribution in [3.63, 3.8) is 0 Å². The van der Waals surface area contributed by atoms with Crippen LogP contribution in [0.4, 0.5) is 17.2 Å². The molecule has 7 heteroatoms. The molecule has 1 aromatic carbocycles. The van der Waals surface area contributed by atoms with Gasteiger partial charge in [0.15, 0.2) is 0 Å². The predicted octanol–water partition coefficient (Wildman–Crippen LogP) is 4.87. The minimum absolute atomic E-state index is 0.312. The number of nitrogens with one attached hydrogen (secondary N) is 2. The first-order valence-electron chi connectivity index (χ1n) is 8.29. The maximum Gasteiger partial charge on any atom is 0.271 e. The molecule has 0 aliphatic rings. The Balaban J connectivity index is 1.71. The minimum Gasteiger partial charge on any atom is -0.340 e. The number of rotatable bonds is 6. The zero-order valence-corrected chi connectivity index (χ0v) is 16.5. The van der Waals surface area contributed by atoms with Crippen LogP contribution in [0.3, 0.4) is 0 Å². The number of hydrogen-bond donors (Lipinski definition) is 2. The van der Waals surface area contributed by atoms with Gasteiger partial charge in [-0.2, -0.15) is 0 Å². The van der Waals surface area contributed by atoms with Gasteiger partial charge in [0.05, 0.1) is 11.9 Å². The van der Waals surface area contributed by atoms with Crippen LogP contribution in [0.25, 0.3) is 0 Å². The summed E-state index contributed by atoms with van der Waals surface area (Å²) in [6.45, 7) is 6.12. The van der Waals surface area contributed by atoms with E-state index in [1.165, 1.54) is 28.7 Å². The summed E-state index contributed by atoms with van der Waals surface area (Å²) in [5, 5.41) is 3.22. The third-order valence-corrected chi connectivity index (χ3v) is 7.15. The molecule has 136 valence electrons. The van der Waals surface area contributed by atoms with Gasteiger partial charge >= 0.3 is 0 Å². The molecule has 0 aliphatic heterocycles. The minimum atomic E-state index is -3.58. The van der Waals surface area contributed by atoms with E-state index in [0.29, 0.717) is 15.7 Å². The highest BCUT2D eigenvalue weighted by Gasteiger charge is 2.16. The molecule has 0 saturated heterocycles. The molecule has 0 unspecified atom stereocenters. The maximum atomic E-state index is 12.4. The summed E-state index contributed by atoms with van der Waals surface area (Å²) in [4.78, 5) is 5.33. The molecule has 3 aromatic rings. The SMILES string of the molecule is CCc1ccc(S(=O)(=O)Nc2ccc(Nc3ccc(C)c(C)c3)nc2)s1. The lowest BCUT2D eigenvalue weighted by molar-refractivity contribution is 0.603. The molecule has 2 heterocycles. The standard InChI is InChI=1S/C19H21N3O2S2/c1-4-17-8-10-19(25-17)26(23,24)22-16-7-9-18(20-12-16)21-15-6-5-13(2)14(3)11-15/h5-12,22H,4H2,1-3H3,(H,20,21). The number of sulfonamides is 1. The van der Waals surface area contributed by atoms with Crippen molar-refractivity contribution in [2.75, 3.05) is 10.0 Å². The smallest absolute Gasteiger partial charge is 0.271 e. The Morgan fingerprint density at radius 1 is 1.00 bits per heavy atom. The van der Waals surface area contributed by atoms with E-state index >= 15 is 0 Å². The van der Waals surface area contributed by atoms with Crippen molar-refractivity contribution < 1.29 is 8.42 Å². The molecular weight excluding hydrogens is 366 g/mol. The molecule has 2 N–H and O–H groups in total. The van der Waals surface area contributed by atoms with Gasteiger partial charge in [0, 0.05) is 10.6 Å². The second-order valence-corrected chi connectivity index (χ2v) is 9.11. The van der Waals surface area contributed by atoms with E-state index in [2.05, 4.69) is 34.9 Å². The third-order valence-electron chi connectivity index (χ3n) is 4.05. The zero-order valence-electron chi connectivity index (χ0n) is 14.9. The van der Waals surface area contributed by atoms with Crippen LogP contribution < -0.4 is 10.0 Å². The molecule has 0 saturated carbocycles. The van der Waals surface area contributed by atoms with E-state index in [9.17, 15) is 8.42 Å². The lowest BCUT2D eigenvalue weighted by atomic mass is 10.1. The summed E-state index contributed by atoms with van der Waals surface area (Å²) in [7, 11) is -3.58. The monoisotopic (exact) mass is 387 g/mol. The second-order valence-electron chi connectivity index (χ2n) is 6.04. The van der Waals surface area contributed by atoms with Gasteiger partial charge in [-0.15, -0.1) is 11.3 Å². The average Bonchev–Trinajstić information content (AvgIpc) is 3.10. The normalized spacial score (nSPS) is 11.3. The van der Waals surface area contributed by atoms with Crippen molar-refractivity contribution >= 4 is 38.6 Å². The van der Waals surface area contributed by atoms with Gasteiger partial charge in [-0.1, -0.05) is 13.0 Å². The molecule has 0 spiro atoms. The number of hydrogen-bond acceptors (Lipinski definition) is 5. The molecule has 5 nitrogen and oxygen atoms in total. The molecule has 0 fully saturated rings. The van der Waals surface area contributed by atoms with Gasteiger partial charge in [0.2, 0.25) is 0 Å². The lowest BCUT2D eigenvalue weighted by Gasteiger charge is -2.10. The fourth-order valence-electron chi connectivity index (χ4n) is 2.39. The summed E-state index contributed by atoms with van der Waals surface area (Å²) in [5.74, 6) is 0.653. The fraction of sp³-hybridized carbons (Fsp3) is 0.211. The molecule has 26 heavy (non-hydrogen) atoms. The molecule has 0 bridgehead atoms. The first-order valence-corrected chi connectivity index (χ1v) is 10.6. The van der Waals surface area contributed by atoms with E-state index in [4.69, 9.17) is 0 Å². The number of anilines is 3. The highest BCUT2D eigenvalue weighted by molar-refractivity contribution is 7.94. The summed E-state index contributed by atoms with van der Waals surface area (Å²) >= 11 is 1.28. The van der Waals surface area contributed by atoms with Crippen LogP contribution in [0.15, 0.2) is 52.9 Å². The van der Waals surface area contributed by atoms with Crippen LogP contribution in [0.1, 0.15) is 22.9 Å². The average molecular weight is 388 g/mol. The quantitative estimate of drug-likeness (QED) is 0.633. The van der Waals surface area contributed by atoms with Gasteiger partial charge in [-0.25, -0.2) is 13.4 Å². The van der Waals surface area contributed by atoms with Gasteiger partial charge < -0.3 is 5.32 Å². The molecule has 0 amide bonds. The summed E-state index contributed by atoms with van der Waals surface area (Å²) in [6, 6.07) is 13.0. The van der Waals surface area contributed by atoms with Gasteiger partial charge in [-0.05, 0) is 67.8 Å². The Hall–Kier alpha value is -2.38. The second kappa shape index (κ2) is 7.47. The van der Waals surface area contributed by atoms with Crippen LogP contribution in [0.5, 0.6) is 0 Å². The van der Waals surface area contributed by atoms with E-state index in [1.54, 1.807) is 18.2 Å². The number of aryl methyl sites for hydroxylation is 3. The Kier molecular flexibility index (Phi) is 5.29. The Bertz CT molecular complexity index is 1010. The van der Waals surface area contributed by atoms with Crippen LogP contribution in [0.2, 0.25) is 0 Å². The van der Waals surface area contributed by atoms with Crippen LogP contribution in [-0.4, -0.2) is 13.4 Å². The topological polar surface area (TPSA) is 71.1 Å². The number of nitrogens with zero attached hydrogens (tertiary/aromatic N) is 1. The molecule has 3 rings (SSSR count). The van der Waals surface area contributed by atoms with Crippen LogP contribution >= 0.6 is 11.3 Å². The Morgan fingerprint density at radius 2 is 1.77 bits per heavy atom. The van der Waals surface area contributed by atoms with E-state index in [-0.39, 0.29) is 0 Å². The van der Waals surface area contributed by atoms with E-state index in [1.807, 2.05) is 25.1 Å². The van der Waals surface area contributed by atoms with Crippen molar-refractivity contribution in [1.82, 2.24) is 4.98 Å². The predicted molar refractivity (Wildman–Crippen MR) is 108 cm³/mol. The largest absolute Gasteiger partial charge is 0.340 e. The number of pyridine rings is 1. The molecule has 0 radical (unpaired) electrons. The zero-order chi connectivity index (χ0) is 18.7. The summed E-state index contributed by atoms with van der Waals surface area (Å²) in [5.41, 5.74) is 3.80. The molecule has 0 aliphatic carbocycles. The maximum absolute atomic E-state index is 12.4. The van der Waals surface area contributed by atoms with Gasteiger partial charge in [-0.3, -0.25) is 4.72 Å². The molecule has 2 aromatic heterocycles. The summed E-state index contributed by atoms with van der Waals surface area (Å²) in [6.07, 6.45) is 2.33. The number of thiophene rings is 1. The van der Waals surface area contributed by atoms with E-state index < -0.39 is 10.0 Å². The number of aromatic nitrogens is 1. The molecule has 0 atom stereocenters. The van der Waals surface area contributed by atoms with Gasteiger partial charge in [0.1, 0.15) is 10.0 Å². The Labute approximate surface area is 158 Å². The van der Waals surface area contributed by atoms with Crippen molar-refractivity contribution in [3.05, 3.63) is 64.7 Å². The highest BCUT2D eigenvalue weighted by Crippen LogP contribution is 2.25. The van der Waals surface area contributed by atoms with E-state index in [0.717, 1.165) is 17.0 Å². The first kappa shape index (κ1) is 18.4. The van der Waals surface area contributed by atoms with Crippen molar-refractivity contribution in [3.8, 4) is 0 Å². The van der Waals surface area contributed by atoms with Crippen LogP contribution in [0, 0.1) is 13.8 Å². The first-order chi connectivity index (χ1) is 12.4. The number of benzene rings is 1.